The summed E-state index contributed by atoms with van der Waals surface area (Å²) in [6, 6.07) is 0. The molecule has 0 aromatic heterocycles. The van der Waals surface area contributed by atoms with Crippen molar-refractivity contribution in [1.82, 2.24) is 0 Å². The van der Waals surface area contributed by atoms with Crippen LogP contribution in [0.15, 0.2) is 0 Å². The topological polar surface area (TPSA) is 240 Å². The monoisotopic (exact) mass is 358 g/mol. The summed E-state index contributed by atoms with van der Waals surface area (Å²) in [5.74, 6) is -1.08. The van der Waals surface area contributed by atoms with Gasteiger partial charge in [0.15, 0.2) is 5.78 Å². The summed E-state index contributed by atoms with van der Waals surface area (Å²) in [5.41, 5.74) is 0. The van der Waals surface area contributed by atoms with Gasteiger partial charge in [-0.2, -0.15) is 0 Å². The molecule has 24 heavy (non-hydrogen) atoms. The van der Waals surface area contributed by atoms with Crippen molar-refractivity contribution in [3.8, 4) is 0 Å². The highest BCUT2D eigenvalue weighted by atomic mass is 16.4. The van der Waals surface area contributed by atoms with E-state index in [1.165, 1.54) is 0 Å². The van der Waals surface area contributed by atoms with E-state index in [1.54, 1.807) is 0 Å². The smallest absolute Gasteiger partial charge is 0.195 e. The molecule has 0 aliphatic heterocycles. The van der Waals surface area contributed by atoms with Crippen molar-refractivity contribution in [2.75, 3.05) is 0 Å². The minimum Gasteiger partial charge on any atom is -0.387 e. The zero-order valence-electron chi connectivity index (χ0n) is 12.2. The number of hydrogen-bond donors (Lipinski definition) is 11. The average Bonchev–Trinajstić information content (AvgIpc) is 2.58. The Kier molecular flexibility index (Phi) is 7.16. The van der Waals surface area contributed by atoms with Gasteiger partial charge in [0.05, 0.1) is 0 Å². The Bertz CT molecular complexity index is 356. The fraction of sp³-hybridized carbons (Fsp3) is 0.917. The van der Waals surface area contributed by atoms with E-state index >= 15 is 0 Å². The first-order valence-electron chi connectivity index (χ1n) is 6.95. The third-order valence-electron chi connectivity index (χ3n) is 4.03. The van der Waals surface area contributed by atoms with Gasteiger partial charge in [0.2, 0.25) is 0 Å². The number of Topliss-reactive ketones (excluding diaryl/α,β-unsaturated/α-hetero) is 1. The van der Waals surface area contributed by atoms with Crippen LogP contribution in [0.4, 0.5) is 0 Å². The zero-order valence-corrected chi connectivity index (χ0v) is 12.2. The first kappa shape index (κ1) is 21.3. The van der Waals surface area contributed by atoms with Gasteiger partial charge in [0.25, 0.3) is 0 Å². The summed E-state index contributed by atoms with van der Waals surface area (Å²) in [6.07, 6.45) is -18.7. The van der Waals surface area contributed by atoms with Crippen LogP contribution in [0.1, 0.15) is 0 Å². The molecule has 2 saturated carbocycles. The summed E-state index contributed by atoms with van der Waals surface area (Å²) < 4.78 is 0. The quantitative estimate of drug-likeness (QED) is 0.193. The maximum Gasteiger partial charge on any atom is 0.195 e. The second-order valence-corrected chi connectivity index (χ2v) is 5.71. The third-order valence-corrected chi connectivity index (χ3v) is 4.03. The molecule has 2 aliphatic rings. The van der Waals surface area contributed by atoms with Crippen molar-refractivity contribution < 1.29 is 61.0 Å². The predicted octanol–water partition coefficient (Wildman–Crippen LogP) is -7.46. The van der Waals surface area contributed by atoms with Gasteiger partial charge in [-0.3, -0.25) is 4.79 Å². The molecule has 2 rings (SSSR count). The van der Waals surface area contributed by atoms with Gasteiger partial charge in [-0.1, -0.05) is 0 Å². The highest BCUT2D eigenvalue weighted by molar-refractivity contribution is 5.89. The number of carbonyl (C=O) groups excluding carboxylic acids is 1. The maximum absolute atomic E-state index is 10.8. The molecule has 0 aromatic rings. The van der Waals surface area contributed by atoms with Crippen LogP contribution in [0.3, 0.4) is 0 Å². The van der Waals surface area contributed by atoms with Gasteiger partial charge in [0.1, 0.15) is 67.1 Å². The van der Waals surface area contributed by atoms with Gasteiger partial charge in [0, 0.05) is 0 Å². The van der Waals surface area contributed by atoms with Crippen LogP contribution in [0.5, 0.6) is 0 Å². The standard InChI is InChI=1S/C6H12O6.C6H10O6/c2*7-1-2(8)4(10)6(12)5(11)3(1)9/h1-12H;1-5,7-11H/t;1?,2?,3?,4-,5?/m.0/s1. The van der Waals surface area contributed by atoms with E-state index in [1.807, 2.05) is 0 Å². The molecule has 12 nitrogen and oxygen atoms in total. The Labute approximate surface area is 135 Å². The predicted molar refractivity (Wildman–Crippen MR) is 71.1 cm³/mol. The second-order valence-electron chi connectivity index (χ2n) is 5.71. The van der Waals surface area contributed by atoms with Gasteiger partial charge >= 0.3 is 0 Å². The van der Waals surface area contributed by atoms with Crippen LogP contribution in [-0.4, -0.2) is 129 Å². The van der Waals surface area contributed by atoms with Crippen molar-refractivity contribution in [3.05, 3.63) is 0 Å². The number of ketones is 1. The minimum absolute atomic E-state index is 1.08. The number of carbonyl (C=O) groups is 1. The lowest BCUT2D eigenvalue weighted by Gasteiger charge is -2.39. The molecule has 4 unspecified atom stereocenters. The van der Waals surface area contributed by atoms with Crippen LogP contribution < -0.4 is 0 Å². The van der Waals surface area contributed by atoms with Crippen molar-refractivity contribution in [2.45, 2.75) is 67.1 Å². The van der Waals surface area contributed by atoms with Crippen molar-refractivity contribution in [1.29, 1.82) is 0 Å². The molecule has 142 valence electrons. The van der Waals surface area contributed by atoms with Gasteiger partial charge < -0.3 is 56.2 Å². The molecule has 0 spiro atoms. The van der Waals surface area contributed by atoms with Crippen molar-refractivity contribution in [3.63, 3.8) is 0 Å². The van der Waals surface area contributed by atoms with Crippen LogP contribution in [0.2, 0.25) is 0 Å². The van der Waals surface area contributed by atoms with E-state index < -0.39 is 72.9 Å². The summed E-state index contributed by atoms with van der Waals surface area (Å²) in [5, 5.41) is 98.3. The fourth-order valence-electron chi connectivity index (χ4n) is 2.30. The van der Waals surface area contributed by atoms with Crippen LogP contribution in [-0.2, 0) is 4.79 Å². The summed E-state index contributed by atoms with van der Waals surface area (Å²) in [4.78, 5) is 10.8. The first-order chi connectivity index (χ1) is 10.9. The van der Waals surface area contributed by atoms with Crippen LogP contribution in [0.25, 0.3) is 0 Å². The van der Waals surface area contributed by atoms with E-state index in [4.69, 9.17) is 56.2 Å². The summed E-state index contributed by atoms with van der Waals surface area (Å²) >= 11 is 0. The molecule has 2 aliphatic carbocycles. The second kappa shape index (κ2) is 8.07. The largest absolute Gasteiger partial charge is 0.387 e. The molecule has 0 amide bonds. The number of aliphatic hydroxyl groups excluding tert-OH is 11. The Morgan fingerprint density at radius 2 is 0.542 bits per heavy atom. The molecule has 0 saturated heterocycles. The maximum atomic E-state index is 10.8. The fourth-order valence-corrected chi connectivity index (χ4v) is 2.30. The lowest BCUT2D eigenvalue weighted by molar-refractivity contribution is -0.223. The van der Waals surface area contributed by atoms with E-state index in [-0.39, 0.29) is 0 Å². The van der Waals surface area contributed by atoms with Gasteiger partial charge in [-0.15, -0.1) is 0 Å². The molecular weight excluding hydrogens is 336 g/mol. The highest BCUT2D eigenvalue weighted by Gasteiger charge is 2.48. The SMILES string of the molecule is O=C1C(O)C(O)C(O)C(O)[C@@H]1O.OC1C(O)C(O)C(O)C(O)C1O. The summed E-state index contributed by atoms with van der Waals surface area (Å²) in [6.45, 7) is 0. The van der Waals surface area contributed by atoms with Crippen molar-refractivity contribution >= 4 is 5.78 Å². The van der Waals surface area contributed by atoms with Gasteiger partial charge in [-0.25, -0.2) is 0 Å². The molecule has 0 bridgehead atoms. The number of aliphatic hydroxyl groups is 11. The van der Waals surface area contributed by atoms with Gasteiger partial charge in [-0.05, 0) is 0 Å². The molecule has 0 radical (unpaired) electrons. The third kappa shape index (κ3) is 3.89. The molecule has 5 atom stereocenters. The van der Waals surface area contributed by atoms with Crippen molar-refractivity contribution in [2.24, 2.45) is 0 Å². The average molecular weight is 358 g/mol. The van der Waals surface area contributed by atoms with Crippen LogP contribution >= 0.6 is 0 Å². The Morgan fingerprint density at radius 3 is 0.750 bits per heavy atom. The molecular formula is C12H22O12. The number of rotatable bonds is 0. The molecule has 2 fully saturated rings. The zero-order chi connectivity index (χ0) is 18.9. The number of hydrogen-bond acceptors (Lipinski definition) is 12. The molecule has 11 N–H and O–H groups in total. The Morgan fingerprint density at radius 1 is 0.375 bits per heavy atom. The molecule has 0 aromatic carbocycles. The Balaban J connectivity index is 0.000000240. The van der Waals surface area contributed by atoms with E-state index in [2.05, 4.69) is 0 Å². The minimum atomic E-state index is -1.83. The molecule has 12 heteroatoms. The Hall–Kier alpha value is -0.770. The summed E-state index contributed by atoms with van der Waals surface area (Å²) in [7, 11) is 0. The molecule has 0 heterocycles. The van der Waals surface area contributed by atoms with E-state index in [0.29, 0.717) is 0 Å². The van der Waals surface area contributed by atoms with Crippen LogP contribution in [0, 0.1) is 0 Å². The van der Waals surface area contributed by atoms with E-state index in [0.717, 1.165) is 0 Å². The van der Waals surface area contributed by atoms with E-state index in [9.17, 15) is 4.79 Å². The lowest BCUT2D eigenvalue weighted by atomic mass is 9.85. The first-order valence-corrected chi connectivity index (χ1v) is 6.95. The highest BCUT2D eigenvalue weighted by Crippen LogP contribution is 2.21. The lowest BCUT2D eigenvalue weighted by Crippen LogP contribution is -2.63. The normalized spacial score (nSPS) is 52.5.